The van der Waals surface area contributed by atoms with Crippen molar-refractivity contribution in [3.8, 4) is 11.1 Å². The van der Waals surface area contributed by atoms with Crippen LogP contribution in [0.3, 0.4) is 0 Å². The third-order valence-electron chi connectivity index (χ3n) is 6.61. The van der Waals surface area contributed by atoms with Crippen molar-refractivity contribution in [2.24, 2.45) is 5.92 Å². The second kappa shape index (κ2) is 9.61. The zero-order valence-electron chi connectivity index (χ0n) is 18.6. The SMILES string of the molecule is Cc1cc(-c2csc3ccccc23)cc(=O)n1C(CC1CCCCC1)C(=O)Nc1nccs1. The van der Waals surface area contributed by atoms with Crippen LogP contribution in [0, 0.1) is 12.8 Å². The summed E-state index contributed by atoms with van der Waals surface area (Å²) in [6.07, 6.45) is 8.25. The van der Waals surface area contributed by atoms with Gasteiger partial charge in [-0.25, -0.2) is 4.98 Å². The minimum absolute atomic E-state index is 0.129. The van der Waals surface area contributed by atoms with Gasteiger partial charge < -0.3 is 9.88 Å². The maximum Gasteiger partial charge on any atom is 0.252 e. The summed E-state index contributed by atoms with van der Waals surface area (Å²) < 4.78 is 2.89. The highest BCUT2D eigenvalue weighted by Crippen LogP contribution is 2.35. The third-order valence-corrected chi connectivity index (χ3v) is 8.26. The lowest BCUT2D eigenvalue weighted by Crippen LogP contribution is -2.36. The Balaban J connectivity index is 1.52. The van der Waals surface area contributed by atoms with Gasteiger partial charge in [-0.2, -0.15) is 0 Å². The number of amides is 1. The van der Waals surface area contributed by atoms with Crippen molar-refractivity contribution in [1.82, 2.24) is 9.55 Å². The Bertz CT molecular complexity index is 1320. The van der Waals surface area contributed by atoms with Gasteiger partial charge in [-0.05, 0) is 42.3 Å². The molecule has 1 saturated carbocycles. The molecule has 5 nitrogen and oxygen atoms in total. The van der Waals surface area contributed by atoms with Crippen molar-refractivity contribution < 1.29 is 4.79 Å². The van der Waals surface area contributed by atoms with Crippen molar-refractivity contribution in [3.63, 3.8) is 0 Å². The number of nitrogens with one attached hydrogen (secondary N) is 1. The number of fused-ring (bicyclic) bond motifs is 1. The topological polar surface area (TPSA) is 64.0 Å². The van der Waals surface area contributed by atoms with Crippen LogP contribution in [0.1, 0.15) is 50.3 Å². The molecule has 0 bridgehead atoms. The van der Waals surface area contributed by atoms with E-state index in [9.17, 15) is 9.59 Å². The third kappa shape index (κ3) is 4.66. The number of thiazole rings is 1. The number of benzene rings is 1. The van der Waals surface area contributed by atoms with Gasteiger partial charge in [-0.15, -0.1) is 22.7 Å². The Morgan fingerprint density at radius 3 is 2.76 bits per heavy atom. The van der Waals surface area contributed by atoms with Gasteiger partial charge in [0.1, 0.15) is 6.04 Å². The number of nitrogens with zero attached hydrogens (tertiary/aromatic N) is 2. The largest absolute Gasteiger partial charge is 0.300 e. The van der Waals surface area contributed by atoms with E-state index in [1.54, 1.807) is 28.2 Å². The second-order valence-corrected chi connectivity index (χ2v) is 10.6. The summed E-state index contributed by atoms with van der Waals surface area (Å²) in [6, 6.07) is 11.4. The first-order valence-electron chi connectivity index (χ1n) is 11.5. The number of pyridine rings is 1. The van der Waals surface area contributed by atoms with E-state index < -0.39 is 6.04 Å². The molecule has 0 aliphatic heterocycles. The van der Waals surface area contributed by atoms with Crippen molar-refractivity contribution in [3.05, 3.63) is 69.4 Å². The Kier molecular flexibility index (Phi) is 6.42. The first-order valence-corrected chi connectivity index (χ1v) is 13.3. The van der Waals surface area contributed by atoms with Crippen molar-refractivity contribution >= 4 is 43.8 Å². The molecule has 1 N–H and O–H groups in total. The van der Waals surface area contributed by atoms with Crippen LogP contribution < -0.4 is 10.9 Å². The molecule has 0 radical (unpaired) electrons. The first kappa shape index (κ1) is 22.0. The molecule has 4 aromatic rings. The number of rotatable bonds is 6. The summed E-state index contributed by atoms with van der Waals surface area (Å²) in [5.41, 5.74) is 2.65. The van der Waals surface area contributed by atoms with Gasteiger partial charge in [0, 0.05) is 39.0 Å². The lowest BCUT2D eigenvalue weighted by atomic mass is 9.84. The van der Waals surface area contributed by atoms with Crippen LogP contribution >= 0.6 is 22.7 Å². The molecule has 3 aromatic heterocycles. The maximum absolute atomic E-state index is 13.5. The number of hydrogen-bond donors (Lipinski definition) is 1. The summed E-state index contributed by atoms with van der Waals surface area (Å²) in [5.74, 6) is 0.298. The van der Waals surface area contributed by atoms with E-state index >= 15 is 0 Å². The van der Waals surface area contributed by atoms with Gasteiger partial charge in [0.2, 0.25) is 5.91 Å². The van der Waals surface area contributed by atoms with E-state index in [2.05, 4.69) is 27.8 Å². The van der Waals surface area contributed by atoms with Crippen molar-refractivity contribution in [1.29, 1.82) is 0 Å². The molecule has 33 heavy (non-hydrogen) atoms. The summed E-state index contributed by atoms with van der Waals surface area (Å²) in [5, 5.41) is 8.61. The fraction of sp³-hybridized carbons (Fsp3) is 0.346. The summed E-state index contributed by atoms with van der Waals surface area (Å²) >= 11 is 3.07. The molecule has 1 aromatic carbocycles. The quantitative estimate of drug-likeness (QED) is 0.338. The number of aromatic nitrogens is 2. The highest BCUT2D eigenvalue weighted by molar-refractivity contribution is 7.17. The van der Waals surface area contributed by atoms with Crippen LogP contribution in [0.2, 0.25) is 0 Å². The molecule has 0 saturated heterocycles. The molecule has 1 aliphatic carbocycles. The predicted octanol–water partition coefficient (Wildman–Crippen LogP) is 6.65. The lowest BCUT2D eigenvalue weighted by Gasteiger charge is -2.28. The van der Waals surface area contributed by atoms with Crippen LogP contribution in [0.4, 0.5) is 5.13 Å². The summed E-state index contributed by atoms with van der Waals surface area (Å²) in [4.78, 5) is 31.0. The Labute approximate surface area is 201 Å². The van der Waals surface area contributed by atoms with E-state index in [-0.39, 0.29) is 11.5 Å². The monoisotopic (exact) mass is 477 g/mol. The number of hydrogen-bond acceptors (Lipinski definition) is 5. The first-order chi connectivity index (χ1) is 16.1. The maximum atomic E-state index is 13.5. The highest BCUT2D eigenvalue weighted by Gasteiger charge is 2.28. The molecule has 1 unspecified atom stereocenters. The van der Waals surface area contributed by atoms with Crippen LogP contribution in [-0.4, -0.2) is 15.5 Å². The van der Waals surface area contributed by atoms with Crippen LogP contribution in [-0.2, 0) is 4.79 Å². The number of anilines is 1. The van der Waals surface area contributed by atoms with Gasteiger partial charge in [0.25, 0.3) is 5.56 Å². The van der Waals surface area contributed by atoms with Crippen molar-refractivity contribution in [2.75, 3.05) is 5.32 Å². The van der Waals surface area contributed by atoms with Crippen LogP contribution in [0.15, 0.2) is 58.1 Å². The predicted molar refractivity (Wildman–Crippen MR) is 137 cm³/mol. The summed E-state index contributed by atoms with van der Waals surface area (Å²) in [7, 11) is 0. The van der Waals surface area contributed by atoms with Crippen LogP contribution in [0.5, 0.6) is 0 Å². The Morgan fingerprint density at radius 1 is 1.18 bits per heavy atom. The average Bonchev–Trinajstić information content (AvgIpc) is 3.48. The summed E-state index contributed by atoms with van der Waals surface area (Å²) in [6.45, 7) is 1.93. The zero-order valence-corrected chi connectivity index (χ0v) is 20.3. The van der Waals surface area contributed by atoms with Gasteiger partial charge in [0.15, 0.2) is 5.13 Å². The molecule has 7 heteroatoms. The molecular formula is C26H27N3O2S2. The second-order valence-electron chi connectivity index (χ2n) is 8.82. The molecule has 170 valence electrons. The number of thiophene rings is 1. The number of carbonyl (C=O) groups excluding carboxylic acids is 1. The molecular weight excluding hydrogens is 450 g/mol. The molecule has 5 rings (SSSR count). The smallest absolute Gasteiger partial charge is 0.252 e. The minimum atomic E-state index is -0.544. The van der Waals surface area contributed by atoms with E-state index in [0.717, 1.165) is 35.0 Å². The zero-order chi connectivity index (χ0) is 22.8. The molecule has 3 heterocycles. The van der Waals surface area contributed by atoms with Crippen LogP contribution in [0.25, 0.3) is 21.2 Å². The van der Waals surface area contributed by atoms with Gasteiger partial charge >= 0.3 is 0 Å². The van der Waals surface area contributed by atoms with Gasteiger partial charge in [0.05, 0.1) is 0 Å². The lowest BCUT2D eigenvalue weighted by molar-refractivity contribution is -0.120. The van der Waals surface area contributed by atoms with Crippen molar-refractivity contribution in [2.45, 2.75) is 51.5 Å². The van der Waals surface area contributed by atoms with E-state index in [1.807, 2.05) is 30.5 Å². The molecule has 0 spiro atoms. The molecule has 1 amide bonds. The molecule has 1 fully saturated rings. The standard InChI is InChI=1S/C26H27N3O2S2/c1-17-13-19(21-16-33-23-10-6-5-9-20(21)23)15-24(30)29(17)22(14-18-7-3-2-4-8-18)25(31)28-26-27-11-12-32-26/h5-6,9-13,15-16,18,22H,2-4,7-8,14H2,1H3,(H,27,28,31). The Hall–Kier alpha value is -2.77. The highest BCUT2D eigenvalue weighted by atomic mass is 32.1. The molecule has 1 aliphatic rings. The molecule has 1 atom stereocenters. The van der Waals surface area contributed by atoms with Gasteiger partial charge in [-0.1, -0.05) is 50.3 Å². The fourth-order valence-electron chi connectivity index (χ4n) is 5.01. The minimum Gasteiger partial charge on any atom is -0.300 e. The fourth-order valence-corrected chi connectivity index (χ4v) is 6.51. The number of aryl methyl sites for hydroxylation is 1. The van der Waals surface area contributed by atoms with E-state index in [0.29, 0.717) is 17.5 Å². The van der Waals surface area contributed by atoms with Gasteiger partial charge in [-0.3, -0.25) is 9.59 Å². The normalized spacial score (nSPS) is 15.5. The van der Waals surface area contributed by atoms with E-state index in [1.165, 1.54) is 35.3 Å². The Morgan fingerprint density at radius 2 is 2.00 bits per heavy atom. The average molecular weight is 478 g/mol. The number of carbonyl (C=O) groups is 1. The van der Waals surface area contributed by atoms with E-state index in [4.69, 9.17) is 0 Å².